The molecule has 76 valence electrons. The number of carboxylic acid groups (broad SMARTS) is 1. The van der Waals surface area contributed by atoms with Crippen LogP contribution >= 0.6 is 21.6 Å². The lowest BCUT2D eigenvalue weighted by molar-refractivity contribution is -0.141. The molecule has 0 bridgehead atoms. The fourth-order valence-corrected chi connectivity index (χ4v) is 2.04. The van der Waals surface area contributed by atoms with E-state index >= 15 is 0 Å². The molecular weight excluding hydrogens is 210 g/mol. The van der Waals surface area contributed by atoms with Crippen LogP contribution in [-0.2, 0) is 9.59 Å². The lowest BCUT2D eigenvalue weighted by atomic mass is 10.2. The van der Waals surface area contributed by atoms with Crippen molar-refractivity contribution in [3.8, 4) is 0 Å². The molecule has 1 amide bonds. The van der Waals surface area contributed by atoms with E-state index < -0.39 is 12.0 Å². The molecule has 0 aromatic carbocycles. The van der Waals surface area contributed by atoms with E-state index in [-0.39, 0.29) is 5.91 Å². The Labute approximate surface area is 85.2 Å². The van der Waals surface area contributed by atoms with Gasteiger partial charge in [0, 0.05) is 12.7 Å². The maximum Gasteiger partial charge on any atom is 0.326 e. The zero-order valence-electron chi connectivity index (χ0n) is 7.57. The van der Waals surface area contributed by atoms with E-state index in [4.69, 9.17) is 5.11 Å². The van der Waals surface area contributed by atoms with Crippen LogP contribution in [-0.4, -0.2) is 35.0 Å². The Morgan fingerprint density at radius 3 is 2.54 bits per heavy atom. The van der Waals surface area contributed by atoms with Crippen molar-refractivity contribution in [2.24, 2.45) is 0 Å². The van der Waals surface area contributed by atoms with Gasteiger partial charge >= 0.3 is 5.97 Å². The van der Waals surface area contributed by atoms with E-state index in [0.717, 1.165) is 5.75 Å². The van der Waals surface area contributed by atoms with Crippen molar-refractivity contribution in [1.29, 1.82) is 0 Å². The van der Waals surface area contributed by atoms with Gasteiger partial charge in [-0.15, -0.1) is 0 Å². The van der Waals surface area contributed by atoms with Crippen molar-refractivity contribution in [1.82, 2.24) is 5.32 Å². The fraction of sp³-hybridized carbons (Fsp3) is 0.714. The lowest BCUT2D eigenvalue weighted by Gasteiger charge is -2.11. The van der Waals surface area contributed by atoms with Crippen LogP contribution in [0.4, 0.5) is 0 Å². The Hall–Kier alpha value is -0.360. The molecule has 4 nitrogen and oxygen atoms in total. The number of hydrogen-bond acceptors (Lipinski definition) is 4. The average molecular weight is 223 g/mol. The molecule has 0 spiro atoms. The van der Waals surface area contributed by atoms with Gasteiger partial charge in [0.15, 0.2) is 0 Å². The van der Waals surface area contributed by atoms with Gasteiger partial charge in [-0.2, -0.15) is 0 Å². The van der Waals surface area contributed by atoms with Gasteiger partial charge in [-0.05, 0) is 12.7 Å². The number of carbonyl (C=O) groups excluding carboxylic acids is 1. The highest BCUT2D eigenvalue weighted by Gasteiger charge is 2.17. The monoisotopic (exact) mass is 223 g/mol. The molecule has 0 saturated heterocycles. The third-order valence-electron chi connectivity index (χ3n) is 1.28. The molecule has 0 aliphatic carbocycles. The summed E-state index contributed by atoms with van der Waals surface area (Å²) in [5, 5.41) is 11.1. The Kier molecular flexibility index (Phi) is 6.89. The molecule has 0 aromatic rings. The highest BCUT2D eigenvalue weighted by molar-refractivity contribution is 8.76. The van der Waals surface area contributed by atoms with Crippen molar-refractivity contribution in [2.45, 2.75) is 19.4 Å². The third kappa shape index (κ3) is 6.77. The quantitative estimate of drug-likeness (QED) is 0.519. The van der Waals surface area contributed by atoms with Crippen LogP contribution in [0.25, 0.3) is 0 Å². The van der Waals surface area contributed by atoms with Crippen LogP contribution < -0.4 is 5.32 Å². The smallest absolute Gasteiger partial charge is 0.326 e. The van der Waals surface area contributed by atoms with Crippen LogP contribution in [0.1, 0.15) is 13.3 Å². The molecule has 0 rings (SSSR count). The van der Waals surface area contributed by atoms with Crippen LogP contribution in [0.15, 0.2) is 0 Å². The Bertz CT molecular complexity index is 187. The molecule has 1 atom stereocenters. The van der Waals surface area contributed by atoms with Crippen molar-refractivity contribution < 1.29 is 14.7 Å². The van der Waals surface area contributed by atoms with E-state index in [2.05, 4.69) is 5.32 Å². The first-order valence-corrected chi connectivity index (χ1v) is 6.46. The predicted octanol–water partition coefficient (Wildman–Crippen LogP) is 0.977. The summed E-state index contributed by atoms with van der Waals surface area (Å²) in [6.45, 7) is 1.32. The highest BCUT2D eigenvalue weighted by atomic mass is 33.1. The summed E-state index contributed by atoms with van der Waals surface area (Å²) in [6.07, 6.45) is 2.39. The standard InChI is InChI=1S/C7H13NO3S2/c1-5(9)8-6(7(10)11)3-4-13-12-2/h6H,3-4H2,1-2H3,(H,8,9)(H,10,11)/t6-/m1/s1. The molecule has 0 aliphatic rings. The minimum Gasteiger partial charge on any atom is -0.480 e. The van der Waals surface area contributed by atoms with Crippen LogP contribution in [0.3, 0.4) is 0 Å². The van der Waals surface area contributed by atoms with Gasteiger partial charge in [-0.3, -0.25) is 4.79 Å². The minimum atomic E-state index is -0.975. The molecule has 13 heavy (non-hydrogen) atoms. The van der Waals surface area contributed by atoms with E-state index in [9.17, 15) is 9.59 Å². The summed E-state index contributed by atoms with van der Waals surface area (Å²) in [7, 11) is 3.17. The molecule has 0 fully saturated rings. The number of nitrogens with one attached hydrogen (secondary N) is 1. The van der Waals surface area contributed by atoms with Gasteiger partial charge in [0.1, 0.15) is 6.04 Å². The zero-order chi connectivity index (χ0) is 10.3. The van der Waals surface area contributed by atoms with Crippen molar-refractivity contribution in [2.75, 3.05) is 12.0 Å². The molecule has 0 saturated carbocycles. The molecule has 0 aliphatic heterocycles. The summed E-state index contributed by atoms with van der Waals surface area (Å²) >= 11 is 0. The summed E-state index contributed by atoms with van der Waals surface area (Å²) in [4.78, 5) is 21.2. The van der Waals surface area contributed by atoms with Crippen LogP contribution in [0.5, 0.6) is 0 Å². The fourth-order valence-electron chi connectivity index (χ4n) is 0.752. The van der Waals surface area contributed by atoms with Crippen LogP contribution in [0.2, 0.25) is 0 Å². The van der Waals surface area contributed by atoms with Gasteiger partial charge < -0.3 is 10.4 Å². The first-order chi connectivity index (χ1) is 6.07. The maximum atomic E-state index is 10.6. The molecule has 6 heteroatoms. The Balaban J connectivity index is 3.81. The second kappa shape index (κ2) is 7.08. The van der Waals surface area contributed by atoms with Crippen LogP contribution in [0, 0.1) is 0 Å². The second-order valence-electron chi connectivity index (χ2n) is 2.37. The van der Waals surface area contributed by atoms with Gasteiger partial charge in [0.2, 0.25) is 5.91 Å². The van der Waals surface area contributed by atoms with Gasteiger partial charge in [0.25, 0.3) is 0 Å². The summed E-state index contributed by atoms with van der Waals surface area (Å²) < 4.78 is 0. The normalized spacial score (nSPS) is 12.2. The summed E-state index contributed by atoms with van der Waals surface area (Å²) in [6, 6.07) is -0.753. The SMILES string of the molecule is CSSCC[C@@H](NC(C)=O)C(=O)O. The highest BCUT2D eigenvalue weighted by Crippen LogP contribution is 2.18. The number of carboxylic acids is 1. The Morgan fingerprint density at radius 2 is 2.15 bits per heavy atom. The molecular formula is C7H13NO3S2. The lowest BCUT2D eigenvalue weighted by Crippen LogP contribution is -2.39. The number of rotatable bonds is 6. The number of carbonyl (C=O) groups is 2. The molecule has 2 N–H and O–H groups in total. The molecule has 0 radical (unpaired) electrons. The van der Waals surface area contributed by atoms with Gasteiger partial charge in [0.05, 0.1) is 0 Å². The van der Waals surface area contributed by atoms with Crippen molar-refractivity contribution in [3.05, 3.63) is 0 Å². The second-order valence-corrected chi connectivity index (χ2v) is 5.05. The minimum absolute atomic E-state index is 0.304. The first-order valence-electron chi connectivity index (χ1n) is 3.73. The van der Waals surface area contributed by atoms with E-state index in [0.29, 0.717) is 6.42 Å². The largest absolute Gasteiger partial charge is 0.480 e. The molecule has 0 aromatic heterocycles. The third-order valence-corrected chi connectivity index (χ3v) is 3.13. The molecule has 0 unspecified atom stereocenters. The average Bonchev–Trinajstić information content (AvgIpc) is 2.02. The maximum absolute atomic E-state index is 10.6. The number of hydrogen-bond donors (Lipinski definition) is 2. The van der Waals surface area contributed by atoms with Gasteiger partial charge in [-0.25, -0.2) is 4.79 Å². The molecule has 0 heterocycles. The first kappa shape index (κ1) is 12.6. The predicted molar refractivity (Wildman–Crippen MR) is 55.8 cm³/mol. The number of aliphatic carboxylic acids is 1. The zero-order valence-corrected chi connectivity index (χ0v) is 9.20. The number of amides is 1. The van der Waals surface area contributed by atoms with Crippen molar-refractivity contribution in [3.63, 3.8) is 0 Å². The van der Waals surface area contributed by atoms with E-state index in [1.54, 1.807) is 21.6 Å². The summed E-state index contributed by atoms with van der Waals surface area (Å²) in [5.41, 5.74) is 0. The topological polar surface area (TPSA) is 66.4 Å². The Morgan fingerprint density at radius 1 is 1.54 bits per heavy atom. The summed E-state index contributed by atoms with van der Waals surface area (Å²) in [5.74, 6) is -0.559. The van der Waals surface area contributed by atoms with Crippen molar-refractivity contribution >= 4 is 33.5 Å². The van der Waals surface area contributed by atoms with Gasteiger partial charge in [-0.1, -0.05) is 21.6 Å². The van der Waals surface area contributed by atoms with E-state index in [1.165, 1.54) is 6.92 Å². The van der Waals surface area contributed by atoms with E-state index in [1.807, 2.05) is 6.26 Å².